The van der Waals surface area contributed by atoms with Crippen molar-refractivity contribution in [3.05, 3.63) is 78.4 Å². The van der Waals surface area contributed by atoms with Gasteiger partial charge in [-0.1, -0.05) is 30.3 Å². The molecule has 0 bridgehead atoms. The van der Waals surface area contributed by atoms with E-state index in [2.05, 4.69) is 37.6 Å². The fourth-order valence-corrected chi connectivity index (χ4v) is 5.33. The number of nitrogens with zero attached hydrogens (tertiary/aromatic N) is 5. The van der Waals surface area contributed by atoms with Gasteiger partial charge in [0.25, 0.3) is 0 Å². The van der Waals surface area contributed by atoms with Crippen LogP contribution in [0.5, 0.6) is 0 Å². The first-order valence-corrected chi connectivity index (χ1v) is 12.4. The van der Waals surface area contributed by atoms with E-state index in [1.165, 1.54) is 11.9 Å². The van der Waals surface area contributed by atoms with E-state index in [9.17, 15) is 4.79 Å². The lowest BCUT2D eigenvalue weighted by molar-refractivity contribution is -0.138. The van der Waals surface area contributed by atoms with Gasteiger partial charge in [-0.15, -0.1) is 5.10 Å². The maximum absolute atomic E-state index is 15.2. The first-order chi connectivity index (χ1) is 18.0. The van der Waals surface area contributed by atoms with Crippen LogP contribution >= 0.6 is 0 Å². The highest BCUT2D eigenvalue weighted by Crippen LogP contribution is 2.38. The Bertz CT molecular complexity index is 1550. The van der Waals surface area contributed by atoms with Gasteiger partial charge >= 0.3 is 5.97 Å². The number of carboxylic acid groups (broad SMARTS) is 1. The number of imidazole rings is 1. The highest BCUT2D eigenvalue weighted by Gasteiger charge is 2.24. The van der Waals surface area contributed by atoms with Gasteiger partial charge in [0, 0.05) is 6.42 Å². The van der Waals surface area contributed by atoms with Crippen LogP contribution < -0.4 is 0 Å². The van der Waals surface area contributed by atoms with Crippen molar-refractivity contribution in [2.75, 3.05) is 0 Å². The summed E-state index contributed by atoms with van der Waals surface area (Å²) in [5.41, 5.74) is 5.68. The largest absolute Gasteiger partial charge is 0.481 e. The Morgan fingerprint density at radius 2 is 1.78 bits per heavy atom. The summed E-state index contributed by atoms with van der Waals surface area (Å²) < 4.78 is 16.8. The Morgan fingerprint density at radius 1 is 1.00 bits per heavy atom. The number of carbonyl (C=O) groups is 1. The van der Waals surface area contributed by atoms with Crippen LogP contribution in [0.3, 0.4) is 0 Å². The Labute approximate surface area is 212 Å². The van der Waals surface area contributed by atoms with Crippen LogP contribution in [-0.4, -0.2) is 41.3 Å². The molecular formula is C28H25FN6O2. The molecule has 1 aliphatic rings. The predicted octanol–water partition coefficient (Wildman–Crippen LogP) is 5.76. The summed E-state index contributed by atoms with van der Waals surface area (Å²) in [6.07, 6.45) is 5.70. The van der Waals surface area contributed by atoms with Crippen LogP contribution in [0.1, 0.15) is 43.6 Å². The molecule has 1 saturated carbocycles. The first kappa shape index (κ1) is 23.0. The Balaban J connectivity index is 1.19. The van der Waals surface area contributed by atoms with Crippen molar-refractivity contribution in [1.82, 2.24) is 30.2 Å². The van der Waals surface area contributed by atoms with Crippen LogP contribution in [0.15, 0.2) is 67.0 Å². The van der Waals surface area contributed by atoms with Gasteiger partial charge in [-0.25, -0.2) is 14.1 Å². The number of hydrogen-bond acceptors (Lipinski definition) is 5. The Morgan fingerprint density at radius 3 is 2.49 bits per heavy atom. The summed E-state index contributed by atoms with van der Waals surface area (Å²) in [6, 6.07) is 19.1. The molecule has 0 saturated heterocycles. The van der Waals surface area contributed by atoms with Crippen molar-refractivity contribution in [3.63, 3.8) is 0 Å². The molecule has 186 valence electrons. The summed E-state index contributed by atoms with van der Waals surface area (Å²) in [7, 11) is 0. The molecule has 0 radical (unpaired) electrons. The van der Waals surface area contributed by atoms with E-state index in [0.717, 1.165) is 53.5 Å². The maximum atomic E-state index is 15.2. The Kier molecular flexibility index (Phi) is 5.96. The lowest BCUT2D eigenvalue weighted by Crippen LogP contribution is -2.16. The second-order valence-corrected chi connectivity index (χ2v) is 9.67. The zero-order chi connectivity index (χ0) is 25.4. The van der Waals surface area contributed by atoms with Crippen LogP contribution in [0.25, 0.3) is 39.2 Å². The second kappa shape index (κ2) is 9.57. The summed E-state index contributed by atoms with van der Waals surface area (Å²) in [4.78, 5) is 18.7. The van der Waals surface area contributed by atoms with Crippen molar-refractivity contribution in [2.24, 2.45) is 5.92 Å². The molecule has 1 aliphatic carbocycles. The zero-order valence-electron chi connectivity index (χ0n) is 20.0. The molecule has 6 rings (SSSR count). The van der Waals surface area contributed by atoms with Gasteiger partial charge in [-0.3, -0.25) is 4.79 Å². The second-order valence-electron chi connectivity index (χ2n) is 9.67. The molecule has 5 aromatic rings. The highest BCUT2D eigenvalue weighted by molar-refractivity contribution is 5.82. The smallest absolute Gasteiger partial charge is 0.303 e. The number of H-pyrrole nitrogens is 1. The molecule has 8 nitrogen and oxygen atoms in total. The molecule has 37 heavy (non-hydrogen) atoms. The summed E-state index contributed by atoms with van der Waals surface area (Å²) in [5.74, 6) is 0.142. The summed E-state index contributed by atoms with van der Waals surface area (Å²) in [6.45, 7) is 0. The van der Waals surface area contributed by atoms with Gasteiger partial charge in [0.1, 0.15) is 18.0 Å². The minimum Gasteiger partial charge on any atom is -0.481 e. The van der Waals surface area contributed by atoms with Gasteiger partial charge in [0.15, 0.2) is 0 Å². The normalized spacial score (nSPS) is 17.8. The molecule has 0 aliphatic heterocycles. The van der Waals surface area contributed by atoms with Crippen molar-refractivity contribution >= 4 is 17.0 Å². The average molecular weight is 497 g/mol. The Hall–Kier alpha value is -4.40. The molecule has 0 unspecified atom stereocenters. The number of fused-ring (bicyclic) bond motifs is 1. The maximum Gasteiger partial charge on any atom is 0.303 e. The minimum atomic E-state index is -0.707. The molecule has 0 atom stereocenters. The number of benzene rings is 3. The number of carboxylic acids is 1. The van der Waals surface area contributed by atoms with Crippen LogP contribution in [0.4, 0.5) is 4.39 Å². The standard InChI is InChI=1S/C28H25FN6O2/c29-24-14-21(20-7-5-19(6-8-20)18-3-1-17(2-4-18)13-27(36)37)9-11-23(24)28-31-25-12-10-22(15-26(25)32-28)35-16-30-33-34-35/h5-12,14-18H,1-4,13H2,(H,31,32)(H,36,37). The fourth-order valence-electron chi connectivity index (χ4n) is 5.33. The summed E-state index contributed by atoms with van der Waals surface area (Å²) >= 11 is 0. The number of aromatic nitrogens is 6. The number of nitrogens with one attached hydrogen (secondary N) is 1. The number of halogens is 1. The third-order valence-corrected chi connectivity index (χ3v) is 7.33. The van der Waals surface area contributed by atoms with E-state index in [1.54, 1.807) is 16.8 Å². The van der Waals surface area contributed by atoms with Gasteiger partial charge in [-0.2, -0.15) is 0 Å². The highest BCUT2D eigenvalue weighted by atomic mass is 19.1. The van der Waals surface area contributed by atoms with Crippen LogP contribution in [0, 0.1) is 11.7 Å². The third kappa shape index (κ3) is 4.72. The monoisotopic (exact) mass is 496 g/mol. The molecule has 3 aromatic carbocycles. The molecule has 2 aromatic heterocycles. The van der Waals surface area contributed by atoms with Gasteiger partial charge < -0.3 is 10.1 Å². The van der Waals surface area contributed by atoms with E-state index in [-0.39, 0.29) is 18.2 Å². The number of hydrogen-bond donors (Lipinski definition) is 2. The topological polar surface area (TPSA) is 110 Å². The van der Waals surface area contributed by atoms with Crippen molar-refractivity contribution < 1.29 is 14.3 Å². The number of aliphatic carboxylic acids is 1. The SMILES string of the molecule is O=C(O)CC1CCC(c2ccc(-c3ccc(-c4nc5ccc(-n6cnnn6)cc5[nH]4)c(F)c3)cc2)CC1. The quantitative estimate of drug-likeness (QED) is 0.309. The van der Waals surface area contributed by atoms with Crippen LogP contribution in [0.2, 0.25) is 0 Å². The van der Waals surface area contributed by atoms with E-state index < -0.39 is 5.97 Å². The third-order valence-electron chi connectivity index (χ3n) is 7.33. The number of rotatable bonds is 6. The zero-order valence-corrected chi connectivity index (χ0v) is 20.0. The lowest BCUT2D eigenvalue weighted by Gasteiger charge is -2.28. The minimum absolute atomic E-state index is 0.267. The molecule has 9 heteroatoms. The number of tetrazole rings is 1. The lowest BCUT2D eigenvalue weighted by atomic mass is 9.77. The van der Waals surface area contributed by atoms with Gasteiger partial charge in [0.05, 0.1) is 22.3 Å². The number of aromatic amines is 1. The molecule has 2 N–H and O–H groups in total. The molecule has 0 spiro atoms. The summed E-state index contributed by atoms with van der Waals surface area (Å²) in [5, 5.41) is 20.2. The molecule has 0 amide bonds. The van der Waals surface area contributed by atoms with Crippen molar-refractivity contribution in [2.45, 2.75) is 38.0 Å². The van der Waals surface area contributed by atoms with E-state index in [1.807, 2.05) is 36.4 Å². The van der Waals surface area contributed by atoms with Crippen molar-refractivity contribution in [1.29, 1.82) is 0 Å². The predicted molar refractivity (Wildman–Crippen MR) is 137 cm³/mol. The van der Waals surface area contributed by atoms with Crippen molar-refractivity contribution in [3.8, 4) is 28.2 Å². The van der Waals surface area contributed by atoms with Crippen LogP contribution in [-0.2, 0) is 4.79 Å². The molecule has 2 heterocycles. The van der Waals surface area contributed by atoms with E-state index in [4.69, 9.17) is 5.11 Å². The molecule has 1 fully saturated rings. The van der Waals surface area contributed by atoms with Gasteiger partial charge in [0.2, 0.25) is 0 Å². The van der Waals surface area contributed by atoms with E-state index in [0.29, 0.717) is 17.3 Å². The fraction of sp³-hybridized carbons (Fsp3) is 0.250. The first-order valence-electron chi connectivity index (χ1n) is 12.4. The van der Waals surface area contributed by atoms with Gasteiger partial charge in [-0.05, 0) is 95.0 Å². The average Bonchev–Trinajstić information content (AvgIpc) is 3.59. The van der Waals surface area contributed by atoms with E-state index >= 15 is 4.39 Å². The molecular weight excluding hydrogens is 471 g/mol.